The molecule has 2 heterocycles. The number of ether oxygens (including phenoxy) is 2. The Bertz CT molecular complexity index is 757. The van der Waals surface area contributed by atoms with Crippen molar-refractivity contribution < 1.29 is 19.1 Å². The number of hydrogen-bond acceptors (Lipinski definition) is 7. The number of hydrogen-bond donors (Lipinski definition) is 2. The lowest BCUT2D eigenvalue weighted by molar-refractivity contribution is -0.139. The quantitative estimate of drug-likeness (QED) is 0.727. The summed E-state index contributed by atoms with van der Waals surface area (Å²) < 4.78 is 10.3. The van der Waals surface area contributed by atoms with Gasteiger partial charge in [0.1, 0.15) is 0 Å². The summed E-state index contributed by atoms with van der Waals surface area (Å²) in [5.74, 6) is -0.159. The third kappa shape index (κ3) is 5.83. The van der Waals surface area contributed by atoms with Crippen LogP contribution in [0.2, 0.25) is 0 Å². The van der Waals surface area contributed by atoms with Gasteiger partial charge in [0.05, 0.1) is 41.8 Å². The van der Waals surface area contributed by atoms with Gasteiger partial charge in [0.15, 0.2) is 0 Å². The molecule has 0 saturated carbocycles. The van der Waals surface area contributed by atoms with Gasteiger partial charge in [-0.05, 0) is 31.1 Å². The summed E-state index contributed by atoms with van der Waals surface area (Å²) in [6.45, 7) is 1.31. The molecule has 144 valence electrons. The van der Waals surface area contributed by atoms with E-state index in [1.165, 1.54) is 18.9 Å². The molecule has 1 fully saturated rings. The molecule has 1 amide bonds. The standard InChI is InChI=1S/C19H23N3O4S/c1-25-19(24)10-13-9-18(22-16-7-3-2-6-15(16)21-13)27-12-17(23)20-11-14-5-4-8-26-14/h2-3,6-7,9,14,21H,4-5,8,10-12H2,1H3,(H,20,23)/t14-/m0/s1. The predicted octanol–water partition coefficient (Wildman–Crippen LogP) is 2.62. The monoisotopic (exact) mass is 389 g/mol. The average molecular weight is 389 g/mol. The summed E-state index contributed by atoms with van der Waals surface area (Å²) in [4.78, 5) is 28.4. The molecule has 27 heavy (non-hydrogen) atoms. The topological polar surface area (TPSA) is 89.0 Å². The fourth-order valence-electron chi connectivity index (χ4n) is 2.81. The molecule has 0 bridgehead atoms. The molecule has 0 aromatic heterocycles. The molecule has 1 atom stereocenters. The number of anilines is 1. The van der Waals surface area contributed by atoms with E-state index in [0.717, 1.165) is 30.8 Å². The minimum absolute atomic E-state index is 0.0633. The van der Waals surface area contributed by atoms with E-state index >= 15 is 0 Å². The second-order valence-electron chi connectivity index (χ2n) is 6.24. The maximum Gasteiger partial charge on any atom is 0.311 e. The van der Waals surface area contributed by atoms with Crippen molar-refractivity contribution in [3.63, 3.8) is 0 Å². The van der Waals surface area contributed by atoms with Crippen molar-refractivity contribution in [2.24, 2.45) is 4.99 Å². The van der Waals surface area contributed by atoms with Crippen LogP contribution in [-0.2, 0) is 19.1 Å². The van der Waals surface area contributed by atoms with Gasteiger partial charge in [-0.15, -0.1) is 0 Å². The van der Waals surface area contributed by atoms with E-state index in [1.54, 1.807) is 6.08 Å². The lowest BCUT2D eigenvalue weighted by Gasteiger charge is -2.10. The Morgan fingerprint density at radius 1 is 1.41 bits per heavy atom. The van der Waals surface area contributed by atoms with Crippen molar-refractivity contribution >= 4 is 40.1 Å². The number of methoxy groups -OCH3 is 1. The van der Waals surface area contributed by atoms with Gasteiger partial charge >= 0.3 is 5.97 Å². The van der Waals surface area contributed by atoms with E-state index < -0.39 is 0 Å². The number of esters is 1. The molecule has 0 spiro atoms. The third-order valence-corrected chi connectivity index (χ3v) is 5.10. The Kier molecular flexibility index (Phi) is 6.89. The van der Waals surface area contributed by atoms with Crippen LogP contribution in [0.4, 0.5) is 11.4 Å². The van der Waals surface area contributed by atoms with Gasteiger partial charge in [-0.25, -0.2) is 4.99 Å². The van der Waals surface area contributed by atoms with Crippen LogP contribution in [0.25, 0.3) is 0 Å². The number of thioether (sulfide) groups is 1. The molecule has 3 rings (SSSR count). The highest BCUT2D eigenvalue weighted by atomic mass is 32.2. The molecular weight excluding hydrogens is 366 g/mol. The van der Waals surface area contributed by atoms with E-state index in [-0.39, 0.29) is 30.2 Å². The zero-order valence-electron chi connectivity index (χ0n) is 15.2. The van der Waals surface area contributed by atoms with Crippen molar-refractivity contribution in [3.05, 3.63) is 36.0 Å². The molecule has 7 nitrogen and oxygen atoms in total. The number of amides is 1. The number of aliphatic imine (C=N–C) groups is 1. The van der Waals surface area contributed by atoms with Crippen LogP contribution >= 0.6 is 11.8 Å². The summed E-state index contributed by atoms with van der Waals surface area (Å²) >= 11 is 1.33. The summed E-state index contributed by atoms with van der Waals surface area (Å²) in [5, 5.41) is 6.79. The van der Waals surface area contributed by atoms with Crippen molar-refractivity contribution in [3.8, 4) is 0 Å². The molecule has 1 saturated heterocycles. The molecule has 8 heteroatoms. The maximum absolute atomic E-state index is 12.1. The first-order valence-electron chi connectivity index (χ1n) is 8.87. The predicted molar refractivity (Wildman–Crippen MR) is 106 cm³/mol. The summed E-state index contributed by atoms with van der Waals surface area (Å²) in [5.41, 5.74) is 2.25. The van der Waals surface area contributed by atoms with Gasteiger partial charge in [0, 0.05) is 18.8 Å². The average Bonchev–Trinajstić information content (AvgIpc) is 3.12. The molecule has 2 aliphatic rings. The Hall–Kier alpha value is -2.32. The molecule has 1 aromatic carbocycles. The molecule has 1 aromatic rings. The minimum atomic E-state index is -0.341. The second kappa shape index (κ2) is 9.57. The van der Waals surface area contributed by atoms with Crippen LogP contribution in [0.3, 0.4) is 0 Å². The zero-order chi connectivity index (χ0) is 19.1. The first kappa shape index (κ1) is 19.4. The normalized spacial score (nSPS) is 18.5. The number of para-hydroxylation sites is 2. The van der Waals surface area contributed by atoms with Gasteiger partial charge in [0.2, 0.25) is 5.91 Å². The highest BCUT2D eigenvalue weighted by molar-refractivity contribution is 8.14. The third-order valence-electron chi connectivity index (χ3n) is 4.19. The highest BCUT2D eigenvalue weighted by Crippen LogP contribution is 2.30. The number of rotatable bonds is 6. The van der Waals surface area contributed by atoms with Crippen molar-refractivity contribution in [2.45, 2.75) is 25.4 Å². The molecule has 2 aliphatic heterocycles. The fourth-order valence-corrected chi connectivity index (χ4v) is 3.58. The lowest BCUT2D eigenvalue weighted by Crippen LogP contribution is -2.33. The van der Waals surface area contributed by atoms with E-state index in [9.17, 15) is 9.59 Å². The first-order valence-corrected chi connectivity index (χ1v) is 9.86. The number of nitrogens with one attached hydrogen (secondary N) is 2. The summed E-state index contributed by atoms with van der Waals surface area (Å²) in [6, 6.07) is 7.57. The Morgan fingerprint density at radius 2 is 2.26 bits per heavy atom. The van der Waals surface area contributed by atoms with Crippen molar-refractivity contribution in [1.82, 2.24) is 5.32 Å². The number of carbonyl (C=O) groups is 2. The van der Waals surface area contributed by atoms with E-state index in [4.69, 9.17) is 9.47 Å². The Labute approximate surface area is 162 Å². The van der Waals surface area contributed by atoms with Gasteiger partial charge < -0.3 is 20.1 Å². The Balaban J connectivity index is 1.63. The number of nitrogens with zero attached hydrogens (tertiary/aromatic N) is 1. The molecule has 0 unspecified atom stereocenters. The molecule has 0 aliphatic carbocycles. The van der Waals surface area contributed by atoms with Crippen LogP contribution in [0, 0.1) is 0 Å². The number of carbonyl (C=O) groups excluding carboxylic acids is 2. The van der Waals surface area contributed by atoms with Crippen molar-refractivity contribution in [1.29, 1.82) is 0 Å². The van der Waals surface area contributed by atoms with Gasteiger partial charge in [0.25, 0.3) is 0 Å². The van der Waals surface area contributed by atoms with Crippen molar-refractivity contribution in [2.75, 3.05) is 31.3 Å². The largest absolute Gasteiger partial charge is 0.469 e. The minimum Gasteiger partial charge on any atom is -0.469 e. The molecular formula is C19H23N3O4S. The Morgan fingerprint density at radius 3 is 3.04 bits per heavy atom. The SMILES string of the molecule is COC(=O)CC1=CC(SCC(=O)NC[C@@H]2CCCO2)=Nc2ccccc2N1. The smallest absolute Gasteiger partial charge is 0.311 e. The van der Waals surface area contributed by atoms with Gasteiger partial charge in [-0.3, -0.25) is 9.59 Å². The first-order chi connectivity index (χ1) is 13.1. The van der Waals surface area contributed by atoms with Crippen LogP contribution in [0.5, 0.6) is 0 Å². The van der Waals surface area contributed by atoms with Gasteiger partial charge in [-0.2, -0.15) is 0 Å². The van der Waals surface area contributed by atoms with E-state index in [2.05, 4.69) is 15.6 Å². The molecule has 0 radical (unpaired) electrons. The summed E-state index contributed by atoms with van der Waals surface area (Å²) in [7, 11) is 1.36. The van der Waals surface area contributed by atoms with Gasteiger partial charge in [-0.1, -0.05) is 23.9 Å². The van der Waals surface area contributed by atoms with Crippen LogP contribution < -0.4 is 10.6 Å². The van der Waals surface area contributed by atoms with E-state index in [1.807, 2.05) is 24.3 Å². The van der Waals surface area contributed by atoms with Crippen LogP contribution in [0.15, 0.2) is 41.0 Å². The summed E-state index contributed by atoms with van der Waals surface area (Å²) in [6.07, 6.45) is 4.05. The van der Waals surface area contributed by atoms with E-state index in [0.29, 0.717) is 17.3 Å². The lowest BCUT2D eigenvalue weighted by atomic mass is 10.2. The number of benzene rings is 1. The zero-order valence-corrected chi connectivity index (χ0v) is 16.0. The second-order valence-corrected chi connectivity index (χ2v) is 7.24. The molecule has 2 N–H and O–H groups in total. The maximum atomic E-state index is 12.1. The van der Waals surface area contributed by atoms with Crippen LogP contribution in [0.1, 0.15) is 19.3 Å². The van der Waals surface area contributed by atoms with Crippen LogP contribution in [-0.4, -0.2) is 49.0 Å². The highest BCUT2D eigenvalue weighted by Gasteiger charge is 2.17. The number of fused-ring (bicyclic) bond motifs is 1. The fraction of sp³-hybridized carbons (Fsp3) is 0.421.